The van der Waals surface area contributed by atoms with Crippen molar-refractivity contribution in [3.63, 3.8) is 0 Å². The van der Waals surface area contributed by atoms with Gasteiger partial charge in [0.25, 0.3) is 0 Å². The molecule has 1 fully saturated rings. The average molecular weight is 171 g/mol. The standard InChI is InChI=1S/C10H21NO/c1-4-10(2,3)9-8(11)6-5-7-12-9/h8-9H,4-7,11H2,1-3H3. The molecule has 1 saturated heterocycles. The highest BCUT2D eigenvalue weighted by molar-refractivity contribution is 4.88. The number of hydrogen-bond acceptors (Lipinski definition) is 2. The summed E-state index contributed by atoms with van der Waals surface area (Å²) in [6.07, 6.45) is 3.63. The van der Waals surface area contributed by atoms with Crippen LogP contribution in [0.3, 0.4) is 0 Å². The van der Waals surface area contributed by atoms with Crippen LogP contribution < -0.4 is 5.73 Å². The van der Waals surface area contributed by atoms with Crippen molar-refractivity contribution in [3.05, 3.63) is 0 Å². The Hall–Kier alpha value is -0.0800. The third-order valence-corrected chi connectivity index (χ3v) is 3.05. The molecular weight excluding hydrogens is 150 g/mol. The molecule has 2 nitrogen and oxygen atoms in total. The summed E-state index contributed by atoms with van der Waals surface area (Å²) in [5, 5.41) is 0. The monoisotopic (exact) mass is 171 g/mol. The molecule has 1 aliphatic heterocycles. The summed E-state index contributed by atoms with van der Waals surface area (Å²) in [4.78, 5) is 0. The first-order valence-electron chi connectivity index (χ1n) is 4.95. The first kappa shape index (κ1) is 10.0. The van der Waals surface area contributed by atoms with Crippen LogP contribution >= 0.6 is 0 Å². The van der Waals surface area contributed by atoms with Gasteiger partial charge in [0.15, 0.2) is 0 Å². The lowest BCUT2D eigenvalue weighted by Gasteiger charge is -2.40. The zero-order chi connectivity index (χ0) is 9.19. The van der Waals surface area contributed by atoms with Gasteiger partial charge in [-0.05, 0) is 24.7 Å². The normalized spacial score (nSPS) is 32.0. The molecule has 0 saturated carbocycles. The van der Waals surface area contributed by atoms with Gasteiger partial charge in [-0.1, -0.05) is 20.8 Å². The van der Waals surface area contributed by atoms with E-state index in [1.54, 1.807) is 0 Å². The molecule has 0 aromatic carbocycles. The molecule has 1 heterocycles. The molecule has 0 amide bonds. The second-order valence-electron chi connectivity index (χ2n) is 4.44. The van der Waals surface area contributed by atoms with E-state index < -0.39 is 0 Å². The Morgan fingerprint density at radius 1 is 1.50 bits per heavy atom. The molecule has 0 aromatic rings. The summed E-state index contributed by atoms with van der Waals surface area (Å²) in [5.41, 5.74) is 6.25. The van der Waals surface area contributed by atoms with Crippen LogP contribution in [0.5, 0.6) is 0 Å². The summed E-state index contributed by atoms with van der Waals surface area (Å²) in [6, 6.07) is 0.244. The highest BCUT2D eigenvalue weighted by Crippen LogP contribution is 2.32. The fourth-order valence-corrected chi connectivity index (χ4v) is 1.81. The van der Waals surface area contributed by atoms with Crippen molar-refractivity contribution in [1.29, 1.82) is 0 Å². The van der Waals surface area contributed by atoms with Crippen LogP contribution in [0.25, 0.3) is 0 Å². The van der Waals surface area contributed by atoms with Crippen LogP contribution in [0.15, 0.2) is 0 Å². The minimum Gasteiger partial charge on any atom is -0.376 e. The number of rotatable bonds is 2. The molecule has 0 aliphatic carbocycles. The van der Waals surface area contributed by atoms with E-state index in [-0.39, 0.29) is 17.6 Å². The van der Waals surface area contributed by atoms with Crippen LogP contribution in [-0.4, -0.2) is 18.8 Å². The molecule has 1 aliphatic rings. The van der Waals surface area contributed by atoms with Crippen LogP contribution in [0.4, 0.5) is 0 Å². The van der Waals surface area contributed by atoms with Gasteiger partial charge in [-0.15, -0.1) is 0 Å². The minimum absolute atomic E-state index is 0.236. The van der Waals surface area contributed by atoms with E-state index in [1.807, 2.05) is 0 Å². The predicted molar refractivity (Wildman–Crippen MR) is 51.0 cm³/mol. The number of nitrogens with two attached hydrogens (primary N) is 1. The zero-order valence-electron chi connectivity index (χ0n) is 8.47. The zero-order valence-corrected chi connectivity index (χ0v) is 8.47. The van der Waals surface area contributed by atoms with E-state index in [2.05, 4.69) is 20.8 Å². The maximum Gasteiger partial charge on any atom is 0.0776 e. The minimum atomic E-state index is 0.236. The number of ether oxygens (including phenoxy) is 1. The summed E-state index contributed by atoms with van der Waals surface area (Å²) >= 11 is 0. The molecule has 0 spiro atoms. The molecule has 2 atom stereocenters. The van der Waals surface area contributed by atoms with E-state index in [0.717, 1.165) is 25.9 Å². The summed E-state index contributed by atoms with van der Waals surface area (Å²) in [5.74, 6) is 0. The van der Waals surface area contributed by atoms with Gasteiger partial charge in [-0.25, -0.2) is 0 Å². The van der Waals surface area contributed by atoms with Crippen LogP contribution in [-0.2, 0) is 4.74 Å². The van der Waals surface area contributed by atoms with Gasteiger partial charge >= 0.3 is 0 Å². The van der Waals surface area contributed by atoms with Gasteiger partial charge in [0.05, 0.1) is 6.10 Å². The van der Waals surface area contributed by atoms with E-state index in [4.69, 9.17) is 10.5 Å². The molecule has 2 unspecified atom stereocenters. The Labute approximate surface area is 75.5 Å². The molecular formula is C10H21NO. The lowest BCUT2D eigenvalue weighted by molar-refractivity contribution is -0.0681. The van der Waals surface area contributed by atoms with E-state index in [0.29, 0.717) is 0 Å². The second-order valence-corrected chi connectivity index (χ2v) is 4.44. The molecule has 0 radical (unpaired) electrons. The van der Waals surface area contributed by atoms with Gasteiger partial charge in [0, 0.05) is 12.6 Å². The summed E-state index contributed by atoms with van der Waals surface area (Å²) in [6.45, 7) is 7.57. The third-order valence-electron chi connectivity index (χ3n) is 3.05. The summed E-state index contributed by atoms with van der Waals surface area (Å²) < 4.78 is 5.72. The quantitative estimate of drug-likeness (QED) is 0.689. The maximum absolute atomic E-state index is 6.02. The first-order chi connectivity index (χ1) is 5.58. The second kappa shape index (κ2) is 3.75. The smallest absolute Gasteiger partial charge is 0.0776 e. The van der Waals surface area contributed by atoms with E-state index in [1.165, 1.54) is 0 Å². The lowest BCUT2D eigenvalue weighted by Crippen LogP contribution is -2.49. The van der Waals surface area contributed by atoms with Crippen molar-refractivity contribution >= 4 is 0 Å². The Balaban J connectivity index is 2.58. The van der Waals surface area contributed by atoms with Crippen LogP contribution in [0.1, 0.15) is 40.0 Å². The Morgan fingerprint density at radius 2 is 2.17 bits per heavy atom. The first-order valence-corrected chi connectivity index (χ1v) is 4.95. The van der Waals surface area contributed by atoms with E-state index in [9.17, 15) is 0 Å². The Bertz CT molecular complexity index is 145. The molecule has 0 aromatic heterocycles. The lowest BCUT2D eigenvalue weighted by atomic mass is 9.78. The SMILES string of the molecule is CCC(C)(C)C1OCCCC1N. The Kier molecular flexibility index (Phi) is 3.13. The highest BCUT2D eigenvalue weighted by atomic mass is 16.5. The third kappa shape index (κ3) is 1.99. The van der Waals surface area contributed by atoms with Crippen molar-refractivity contribution < 1.29 is 4.74 Å². The van der Waals surface area contributed by atoms with E-state index >= 15 is 0 Å². The summed E-state index contributed by atoms with van der Waals surface area (Å²) in [7, 11) is 0. The van der Waals surface area contributed by atoms with Gasteiger partial charge in [-0.3, -0.25) is 0 Å². The highest BCUT2D eigenvalue weighted by Gasteiger charge is 2.35. The average Bonchev–Trinajstić information content (AvgIpc) is 2.05. The van der Waals surface area contributed by atoms with Gasteiger partial charge in [-0.2, -0.15) is 0 Å². The van der Waals surface area contributed by atoms with Crippen molar-refractivity contribution in [2.75, 3.05) is 6.61 Å². The number of hydrogen-bond donors (Lipinski definition) is 1. The van der Waals surface area contributed by atoms with Crippen molar-refractivity contribution in [3.8, 4) is 0 Å². The fraction of sp³-hybridized carbons (Fsp3) is 1.00. The largest absolute Gasteiger partial charge is 0.376 e. The molecule has 72 valence electrons. The topological polar surface area (TPSA) is 35.2 Å². The maximum atomic E-state index is 6.02. The fourth-order valence-electron chi connectivity index (χ4n) is 1.81. The van der Waals surface area contributed by atoms with Crippen LogP contribution in [0.2, 0.25) is 0 Å². The molecule has 0 bridgehead atoms. The molecule has 12 heavy (non-hydrogen) atoms. The van der Waals surface area contributed by atoms with Gasteiger partial charge in [0.1, 0.15) is 0 Å². The molecule has 1 rings (SSSR count). The Morgan fingerprint density at radius 3 is 2.67 bits per heavy atom. The molecule has 2 N–H and O–H groups in total. The van der Waals surface area contributed by atoms with Crippen molar-refractivity contribution in [1.82, 2.24) is 0 Å². The van der Waals surface area contributed by atoms with Gasteiger partial charge in [0.2, 0.25) is 0 Å². The van der Waals surface area contributed by atoms with Crippen LogP contribution in [0, 0.1) is 5.41 Å². The predicted octanol–water partition coefficient (Wildman–Crippen LogP) is 1.93. The van der Waals surface area contributed by atoms with Crippen molar-refractivity contribution in [2.24, 2.45) is 11.1 Å². The van der Waals surface area contributed by atoms with Crippen molar-refractivity contribution in [2.45, 2.75) is 52.2 Å². The van der Waals surface area contributed by atoms with Gasteiger partial charge < -0.3 is 10.5 Å². The molecule has 2 heteroatoms.